The minimum Gasteiger partial charge on any atom is -0.465 e. The number of allylic oxidation sites excluding steroid dienone is 1. The van der Waals surface area contributed by atoms with E-state index in [1.165, 1.54) is 6.92 Å². The molecule has 0 amide bonds. The zero-order chi connectivity index (χ0) is 21.8. The summed E-state index contributed by atoms with van der Waals surface area (Å²) < 4.78 is 35.8. The summed E-state index contributed by atoms with van der Waals surface area (Å²) in [5, 5.41) is 11.4. The van der Waals surface area contributed by atoms with Gasteiger partial charge in [0.25, 0.3) is 0 Å². The molecule has 2 atom stereocenters. The number of esters is 2. The molecule has 158 valence electrons. The molecule has 0 fully saturated rings. The van der Waals surface area contributed by atoms with E-state index in [1.54, 1.807) is 44.2 Å². The second-order valence-electron chi connectivity index (χ2n) is 6.50. The second kappa shape index (κ2) is 9.17. The van der Waals surface area contributed by atoms with Gasteiger partial charge in [-0.2, -0.15) is 0 Å². The fraction of sp³-hybridized carbons (Fsp3) is 0.474. The molecule has 0 saturated heterocycles. The quantitative estimate of drug-likeness (QED) is 0.267. The van der Waals surface area contributed by atoms with Crippen LogP contribution in [0.4, 0.5) is 0 Å². The van der Waals surface area contributed by atoms with E-state index in [4.69, 9.17) is 9.47 Å². The van der Waals surface area contributed by atoms with E-state index in [-0.39, 0.29) is 23.7 Å². The molecule has 1 aliphatic heterocycles. The summed E-state index contributed by atoms with van der Waals surface area (Å²) in [4.78, 5) is 35.8. The van der Waals surface area contributed by atoms with Crippen molar-refractivity contribution in [3.8, 4) is 0 Å². The van der Waals surface area contributed by atoms with Crippen LogP contribution >= 0.6 is 0 Å². The third kappa shape index (κ3) is 4.64. The number of ether oxygens (including phenoxy) is 2. The number of rotatable bonds is 8. The molecule has 0 aromatic heterocycles. The van der Waals surface area contributed by atoms with Gasteiger partial charge in [-0.3, -0.25) is 19.7 Å². The molecule has 0 N–H and O–H groups in total. The normalized spacial score (nSPS) is 19.1. The molecule has 0 aliphatic carbocycles. The lowest BCUT2D eigenvalue weighted by Crippen LogP contribution is -2.35. The van der Waals surface area contributed by atoms with Gasteiger partial charge in [0.1, 0.15) is 5.75 Å². The van der Waals surface area contributed by atoms with Crippen LogP contribution in [0.5, 0.6) is 0 Å². The van der Waals surface area contributed by atoms with Crippen molar-refractivity contribution in [3.05, 3.63) is 56.5 Å². The van der Waals surface area contributed by atoms with Gasteiger partial charge in [0.2, 0.25) is 6.04 Å². The van der Waals surface area contributed by atoms with Gasteiger partial charge in [0, 0.05) is 16.4 Å². The smallest absolute Gasteiger partial charge is 0.321 e. The highest BCUT2D eigenvalue weighted by Gasteiger charge is 2.51. The van der Waals surface area contributed by atoms with Crippen LogP contribution in [0.1, 0.15) is 32.3 Å². The molecule has 1 aromatic rings. The molecule has 10 heteroatoms. The summed E-state index contributed by atoms with van der Waals surface area (Å²) in [6.07, 6.45) is 0. The molecular formula is C19H23NO8S. The predicted octanol–water partition coefficient (Wildman–Crippen LogP) is 1.86. The highest BCUT2D eigenvalue weighted by atomic mass is 32.2. The molecule has 2 rings (SSSR count). The molecular weight excluding hydrogens is 402 g/mol. The van der Waals surface area contributed by atoms with E-state index in [2.05, 4.69) is 0 Å². The van der Waals surface area contributed by atoms with Gasteiger partial charge in [-0.05, 0) is 26.3 Å². The largest absolute Gasteiger partial charge is 0.465 e. The highest BCUT2D eigenvalue weighted by molar-refractivity contribution is 7.95. The lowest BCUT2D eigenvalue weighted by atomic mass is 9.83. The van der Waals surface area contributed by atoms with Crippen molar-refractivity contribution in [1.29, 1.82) is 0 Å². The number of hydrogen-bond acceptors (Lipinski definition) is 8. The van der Waals surface area contributed by atoms with Crippen molar-refractivity contribution in [1.82, 2.24) is 0 Å². The van der Waals surface area contributed by atoms with Crippen molar-refractivity contribution < 1.29 is 32.4 Å². The van der Waals surface area contributed by atoms with E-state index in [0.717, 1.165) is 0 Å². The fourth-order valence-electron chi connectivity index (χ4n) is 3.48. The van der Waals surface area contributed by atoms with Crippen molar-refractivity contribution in [2.24, 2.45) is 5.92 Å². The van der Waals surface area contributed by atoms with Gasteiger partial charge in [-0.15, -0.1) is 0 Å². The Morgan fingerprint density at radius 1 is 1.14 bits per heavy atom. The van der Waals surface area contributed by atoms with Crippen molar-refractivity contribution in [2.75, 3.05) is 19.0 Å². The molecule has 1 aliphatic rings. The Morgan fingerprint density at radius 3 is 2.07 bits per heavy atom. The van der Waals surface area contributed by atoms with Gasteiger partial charge in [-0.1, -0.05) is 30.3 Å². The number of benzene rings is 1. The zero-order valence-electron chi connectivity index (χ0n) is 16.4. The van der Waals surface area contributed by atoms with Crippen LogP contribution in [0.3, 0.4) is 0 Å². The van der Waals surface area contributed by atoms with Crippen molar-refractivity contribution in [2.45, 2.75) is 32.7 Å². The van der Waals surface area contributed by atoms with E-state index in [0.29, 0.717) is 5.56 Å². The van der Waals surface area contributed by atoms with E-state index >= 15 is 0 Å². The SMILES string of the molecule is CCOC(=O)C(C(=O)OCC)C(C1=C(C)C([N+](=O)[O-])CS1(=O)=O)c1ccccc1. The summed E-state index contributed by atoms with van der Waals surface area (Å²) in [7, 11) is -4.10. The number of sulfone groups is 1. The molecule has 1 aromatic carbocycles. The Hall–Kier alpha value is -2.75. The number of carbonyl (C=O) groups excluding carboxylic acids is 2. The number of nitrogens with zero attached hydrogens (tertiary/aromatic N) is 1. The Kier molecular flexibility index (Phi) is 7.12. The average Bonchev–Trinajstić information content (AvgIpc) is 2.90. The Labute approximate surface area is 168 Å². The highest BCUT2D eigenvalue weighted by Crippen LogP contribution is 2.43. The lowest BCUT2D eigenvalue weighted by Gasteiger charge is -2.26. The molecule has 9 nitrogen and oxygen atoms in total. The van der Waals surface area contributed by atoms with Gasteiger partial charge in [0.05, 0.1) is 18.1 Å². The van der Waals surface area contributed by atoms with Crippen LogP contribution in [0, 0.1) is 16.0 Å². The van der Waals surface area contributed by atoms with E-state index in [9.17, 15) is 28.1 Å². The Balaban J connectivity index is 2.76. The minimum absolute atomic E-state index is 0.00227. The van der Waals surface area contributed by atoms with Crippen LogP contribution in [0.25, 0.3) is 0 Å². The monoisotopic (exact) mass is 425 g/mol. The zero-order valence-corrected chi connectivity index (χ0v) is 17.2. The fourth-order valence-corrected chi connectivity index (χ4v) is 5.73. The van der Waals surface area contributed by atoms with E-state index in [1.807, 2.05) is 0 Å². The average molecular weight is 425 g/mol. The summed E-state index contributed by atoms with van der Waals surface area (Å²) in [5.41, 5.74) is 0.350. The standard InChI is InChI=1S/C19H23NO8S/c1-4-27-18(21)16(19(22)28-5-2)15(13-9-7-6-8-10-13)17-12(3)14(20(23)24)11-29(17,25)26/h6-10,14-16H,4-5,11H2,1-3H3. The van der Waals surface area contributed by atoms with Crippen molar-refractivity contribution in [3.63, 3.8) is 0 Å². The minimum atomic E-state index is -4.10. The summed E-state index contributed by atoms with van der Waals surface area (Å²) in [6, 6.07) is 6.62. The first-order valence-electron chi connectivity index (χ1n) is 9.10. The number of hydrogen-bond donors (Lipinski definition) is 0. The number of carbonyl (C=O) groups is 2. The van der Waals surface area contributed by atoms with Crippen LogP contribution in [0.2, 0.25) is 0 Å². The molecule has 2 unspecified atom stereocenters. The second-order valence-corrected chi connectivity index (χ2v) is 8.50. The Morgan fingerprint density at radius 2 is 1.66 bits per heavy atom. The van der Waals surface area contributed by atoms with E-state index < -0.39 is 50.3 Å². The van der Waals surface area contributed by atoms with Gasteiger partial charge in [-0.25, -0.2) is 8.42 Å². The van der Waals surface area contributed by atoms with Crippen LogP contribution < -0.4 is 0 Å². The third-order valence-electron chi connectivity index (χ3n) is 4.71. The maximum atomic E-state index is 12.9. The van der Waals surface area contributed by atoms with Gasteiger partial charge >= 0.3 is 11.9 Å². The first-order valence-corrected chi connectivity index (χ1v) is 10.8. The van der Waals surface area contributed by atoms with Gasteiger partial charge < -0.3 is 9.47 Å². The maximum Gasteiger partial charge on any atom is 0.321 e. The topological polar surface area (TPSA) is 130 Å². The molecule has 0 radical (unpaired) electrons. The number of nitro groups is 1. The summed E-state index contributed by atoms with van der Waals surface area (Å²) in [5.74, 6) is -5.51. The molecule has 29 heavy (non-hydrogen) atoms. The molecule has 1 heterocycles. The predicted molar refractivity (Wildman–Crippen MR) is 103 cm³/mol. The van der Waals surface area contributed by atoms with Gasteiger partial charge in [0.15, 0.2) is 15.8 Å². The Bertz CT molecular complexity index is 905. The lowest BCUT2D eigenvalue weighted by molar-refractivity contribution is -0.505. The first kappa shape index (κ1) is 22.5. The van der Waals surface area contributed by atoms with Crippen LogP contribution in [-0.4, -0.2) is 50.3 Å². The summed E-state index contributed by atoms with van der Waals surface area (Å²) in [6.45, 7) is 4.39. The van der Waals surface area contributed by atoms with Crippen LogP contribution in [-0.2, 0) is 28.9 Å². The maximum absolute atomic E-state index is 12.9. The third-order valence-corrected chi connectivity index (χ3v) is 6.71. The molecule has 0 spiro atoms. The molecule has 0 saturated carbocycles. The summed E-state index contributed by atoms with van der Waals surface area (Å²) >= 11 is 0. The van der Waals surface area contributed by atoms with Crippen molar-refractivity contribution >= 4 is 21.8 Å². The first-order chi connectivity index (χ1) is 13.7. The van der Waals surface area contributed by atoms with Crippen LogP contribution in [0.15, 0.2) is 40.8 Å². The molecule has 0 bridgehead atoms.